The summed E-state index contributed by atoms with van der Waals surface area (Å²) in [7, 11) is 0. The van der Waals surface area contributed by atoms with Crippen molar-refractivity contribution in [1.29, 1.82) is 0 Å². The first-order valence-electron chi connectivity index (χ1n) is 11.2. The van der Waals surface area contributed by atoms with E-state index in [4.69, 9.17) is 0 Å². The van der Waals surface area contributed by atoms with Gasteiger partial charge in [-0.1, -0.05) is 91.8 Å². The highest BCUT2D eigenvalue weighted by Crippen LogP contribution is 2.48. The summed E-state index contributed by atoms with van der Waals surface area (Å²) >= 11 is 0. The zero-order valence-corrected chi connectivity index (χ0v) is 19.5. The van der Waals surface area contributed by atoms with Crippen LogP contribution in [0.3, 0.4) is 0 Å². The Labute approximate surface area is 177 Å². The summed E-state index contributed by atoms with van der Waals surface area (Å²) in [6.45, 7) is 18.8. The zero-order valence-electron chi connectivity index (χ0n) is 19.5. The van der Waals surface area contributed by atoms with Gasteiger partial charge >= 0.3 is 0 Å². The molecule has 0 fully saturated rings. The molecule has 0 saturated carbocycles. The Bertz CT molecular complexity index is 1030. The molecular formula is C29H36. The molecule has 0 aromatic heterocycles. The lowest BCUT2D eigenvalue weighted by Gasteiger charge is -2.31. The second-order valence-electron chi connectivity index (χ2n) is 11.3. The number of benzene rings is 2. The summed E-state index contributed by atoms with van der Waals surface area (Å²) in [4.78, 5) is 0. The molecule has 0 nitrogen and oxygen atoms in total. The van der Waals surface area contributed by atoms with Crippen LogP contribution in [0.25, 0.3) is 16.7 Å². The average molecular weight is 385 g/mol. The van der Waals surface area contributed by atoms with Crippen molar-refractivity contribution in [2.45, 2.75) is 85.0 Å². The van der Waals surface area contributed by atoms with Gasteiger partial charge in [-0.25, -0.2) is 0 Å². The van der Waals surface area contributed by atoms with Crippen LogP contribution in [0.2, 0.25) is 0 Å². The molecule has 0 saturated heterocycles. The second kappa shape index (κ2) is 6.73. The Morgan fingerprint density at radius 3 is 2.10 bits per heavy atom. The molecule has 0 atom stereocenters. The normalized spacial score (nSPS) is 15.7. The fourth-order valence-corrected chi connectivity index (χ4v) is 5.18. The van der Waals surface area contributed by atoms with Crippen LogP contribution < -0.4 is 0 Å². The lowest BCUT2D eigenvalue weighted by atomic mass is 9.73. The largest absolute Gasteiger partial charge is 0.0801 e. The van der Waals surface area contributed by atoms with Crippen LogP contribution in [0, 0.1) is 0 Å². The molecule has 0 aliphatic heterocycles. The molecule has 0 amide bonds. The molecule has 2 aliphatic carbocycles. The van der Waals surface area contributed by atoms with Gasteiger partial charge in [0.2, 0.25) is 0 Å². The van der Waals surface area contributed by atoms with E-state index in [1.54, 1.807) is 16.7 Å². The molecule has 0 heterocycles. The second-order valence-corrected chi connectivity index (χ2v) is 11.3. The first-order chi connectivity index (χ1) is 13.5. The maximum absolute atomic E-state index is 2.52. The molecule has 0 radical (unpaired) electrons. The van der Waals surface area contributed by atoms with Crippen molar-refractivity contribution >= 4 is 5.57 Å². The van der Waals surface area contributed by atoms with Gasteiger partial charge in [0.25, 0.3) is 0 Å². The predicted octanol–water partition coefficient (Wildman–Crippen LogP) is 8.32. The molecule has 0 bridgehead atoms. The first-order valence-corrected chi connectivity index (χ1v) is 11.2. The molecule has 0 spiro atoms. The van der Waals surface area contributed by atoms with Crippen molar-refractivity contribution in [2.75, 3.05) is 0 Å². The van der Waals surface area contributed by atoms with Gasteiger partial charge < -0.3 is 0 Å². The molecule has 152 valence electrons. The van der Waals surface area contributed by atoms with Gasteiger partial charge in [-0.05, 0) is 85.7 Å². The van der Waals surface area contributed by atoms with Crippen LogP contribution in [0.15, 0.2) is 42.5 Å². The summed E-state index contributed by atoms with van der Waals surface area (Å²) in [5.41, 5.74) is 13.8. The van der Waals surface area contributed by atoms with E-state index < -0.39 is 0 Å². The Morgan fingerprint density at radius 2 is 1.55 bits per heavy atom. The Balaban J connectivity index is 2.00. The zero-order chi connectivity index (χ0) is 21.1. The molecule has 0 heteroatoms. The summed E-state index contributed by atoms with van der Waals surface area (Å²) in [6, 6.07) is 9.71. The molecule has 29 heavy (non-hydrogen) atoms. The van der Waals surface area contributed by atoms with Crippen molar-refractivity contribution in [3.8, 4) is 11.1 Å². The minimum absolute atomic E-state index is 0.124. The minimum Gasteiger partial charge on any atom is -0.0801 e. The highest BCUT2D eigenvalue weighted by atomic mass is 14.4. The maximum atomic E-state index is 2.52. The Kier molecular flexibility index (Phi) is 4.69. The van der Waals surface area contributed by atoms with Crippen LogP contribution in [0.5, 0.6) is 0 Å². The van der Waals surface area contributed by atoms with Gasteiger partial charge in [0.1, 0.15) is 0 Å². The maximum Gasteiger partial charge on any atom is -0.00104 e. The van der Waals surface area contributed by atoms with Crippen molar-refractivity contribution in [1.82, 2.24) is 0 Å². The standard InChI is InChI=1S/C29H36/c1-18(2)26-25-16-20-15-21(28(3,4)5)13-14-22(20)24(25)17-23(19-11-9-10-12-19)27(26)29(6,7)8/h9-11,13-15,17-18H,12,16H2,1-8H3. The van der Waals surface area contributed by atoms with Crippen LogP contribution in [0.1, 0.15) is 101 Å². The van der Waals surface area contributed by atoms with Gasteiger partial charge in [-0.3, -0.25) is 0 Å². The van der Waals surface area contributed by atoms with E-state index in [-0.39, 0.29) is 10.8 Å². The smallest absolute Gasteiger partial charge is 0.00104 e. The van der Waals surface area contributed by atoms with Gasteiger partial charge in [-0.2, -0.15) is 0 Å². The predicted molar refractivity (Wildman–Crippen MR) is 128 cm³/mol. The summed E-state index contributed by atoms with van der Waals surface area (Å²) in [5, 5.41) is 0. The van der Waals surface area contributed by atoms with Crippen LogP contribution in [0.4, 0.5) is 0 Å². The molecule has 0 N–H and O–H groups in total. The fourth-order valence-electron chi connectivity index (χ4n) is 5.18. The van der Waals surface area contributed by atoms with E-state index in [1.165, 1.54) is 33.4 Å². The van der Waals surface area contributed by atoms with Gasteiger partial charge in [0.15, 0.2) is 0 Å². The van der Waals surface area contributed by atoms with Gasteiger partial charge in [0, 0.05) is 0 Å². The number of rotatable bonds is 2. The summed E-state index contributed by atoms with van der Waals surface area (Å²) < 4.78 is 0. The van der Waals surface area contributed by atoms with E-state index in [1.807, 2.05) is 0 Å². The number of allylic oxidation sites excluding steroid dienone is 4. The van der Waals surface area contributed by atoms with Crippen LogP contribution in [-0.2, 0) is 17.3 Å². The average Bonchev–Trinajstić information content (AvgIpc) is 3.25. The molecule has 2 aliphatic rings. The number of hydrogen-bond donors (Lipinski definition) is 0. The minimum atomic E-state index is 0.124. The molecule has 4 rings (SSSR count). The Morgan fingerprint density at radius 1 is 0.828 bits per heavy atom. The van der Waals surface area contributed by atoms with Crippen LogP contribution in [-0.4, -0.2) is 0 Å². The SMILES string of the molecule is CC(C)c1c2c(cc(C3=CC=CC3)c1C(C)(C)C)-c1ccc(C(C)(C)C)cc1C2. The highest BCUT2D eigenvalue weighted by molar-refractivity contribution is 5.86. The van der Waals surface area contributed by atoms with Crippen molar-refractivity contribution in [2.24, 2.45) is 0 Å². The summed E-state index contributed by atoms with van der Waals surface area (Å²) in [5.74, 6) is 0.518. The topological polar surface area (TPSA) is 0 Å². The third kappa shape index (κ3) is 3.41. The number of hydrogen-bond acceptors (Lipinski definition) is 0. The van der Waals surface area contributed by atoms with E-state index in [0.29, 0.717) is 5.92 Å². The lowest BCUT2D eigenvalue weighted by Crippen LogP contribution is -2.19. The van der Waals surface area contributed by atoms with Gasteiger partial charge in [0.05, 0.1) is 0 Å². The fraction of sp³-hybridized carbons (Fsp3) is 0.448. The van der Waals surface area contributed by atoms with E-state index in [9.17, 15) is 0 Å². The van der Waals surface area contributed by atoms with Crippen molar-refractivity contribution < 1.29 is 0 Å². The van der Waals surface area contributed by atoms with Crippen molar-refractivity contribution in [3.05, 3.63) is 75.9 Å². The Hall–Kier alpha value is -2.08. The lowest BCUT2D eigenvalue weighted by molar-refractivity contribution is 0.574. The molecular weight excluding hydrogens is 348 g/mol. The van der Waals surface area contributed by atoms with E-state index >= 15 is 0 Å². The molecule has 0 unspecified atom stereocenters. The molecule has 2 aromatic rings. The first kappa shape index (κ1) is 20.2. The van der Waals surface area contributed by atoms with Crippen molar-refractivity contribution in [3.63, 3.8) is 0 Å². The monoisotopic (exact) mass is 384 g/mol. The third-order valence-corrected chi connectivity index (χ3v) is 6.55. The quantitative estimate of drug-likeness (QED) is 0.416. The van der Waals surface area contributed by atoms with Crippen LogP contribution >= 0.6 is 0 Å². The third-order valence-electron chi connectivity index (χ3n) is 6.55. The number of fused-ring (bicyclic) bond motifs is 3. The van der Waals surface area contributed by atoms with E-state index in [2.05, 4.69) is 97.9 Å². The molecule has 2 aromatic carbocycles. The summed E-state index contributed by atoms with van der Waals surface area (Å²) in [6.07, 6.45) is 8.94. The highest BCUT2D eigenvalue weighted by Gasteiger charge is 2.32. The van der Waals surface area contributed by atoms with E-state index in [0.717, 1.165) is 12.8 Å². The van der Waals surface area contributed by atoms with Gasteiger partial charge in [-0.15, -0.1) is 0 Å².